The van der Waals surface area contributed by atoms with Gasteiger partial charge in [-0.25, -0.2) is 4.98 Å². The minimum Gasteiger partial charge on any atom is -0.497 e. The molecular formula is C22H21N3O3S. The number of hydrogen-bond donors (Lipinski definition) is 1. The van der Waals surface area contributed by atoms with Gasteiger partial charge in [0.15, 0.2) is 4.96 Å². The van der Waals surface area contributed by atoms with Crippen LogP contribution in [0.3, 0.4) is 0 Å². The van der Waals surface area contributed by atoms with Gasteiger partial charge in [-0.05, 0) is 37.3 Å². The molecule has 4 rings (SSSR count). The Hall–Kier alpha value is -3.32. The lowest BCUT2D eigenvalue weighted by Crippen LogP contribution is -2.15. The normalized spacial score (nSPS) is 10.9. The van der Waals surface area contributed by atoms with Crippen LogP contribution >= 0.6 is 11.3 Å². The second kappa shape index (κ2) is 7.97. The fraction of sp³-hybridized carbons (Fsp3) is 0.182. The van der Waals surface area contributed by atoms with Crippen LogP contribution in [0.5, 0.6) is 11.5 Å². The van der Waals surface area contributed by atoms with Crippen LogP contribution in [0.25, 0.3) is 16.2 Å². The topological polar surface area (TPSA) is 64.9 Å². The third-order valence-electron chi connectivity index (χ3n) is 4.64. The number of aromatic nitrogens is 2. The first-order chi connectivity index (χ1) is 14.1. The summed E-state index contributed by atoms with van der Waals surface area (Å²) in [4.78, 5) is 18.0. The van der Waals surface area contributed by atoms with E-state index in [-0.39, 0.29) is 12.3 Å². The molecule has 0 atom stereocenters. The number of methoxy groups -OCH3 is 2. The van der Waals surface area contributed by atoms with Gasteiger partial charge in [-0.15, -0.1) is 11.3 Å². The Balaban J connectivity index is 1.59. The van der Waals surface area contributed by atoms with Crippen LogP contribution in [-0.4, -0.2) is 29.5 Å². The standard InChI is InChI=1S/C22H21N3O3S/c1-14-4-6-15(7-5-14)23-21(26)10-16-13-29-22-24-19(12-25(16)22)18-11-17(27-2)8-9-20(18)28-3/h4-9,11-13H,10H2,1-3H3,(H,23,26). The number of nitrogens with zero attached hydrogens (tertiary/aromatic N) is 2. The molecule has 2 aromatic carbocycles. The van der Waals surface area contributed by atoms with Gasteiger partial charge in [0.1, 0.15) is 11.5 Å². The molecule has 29 heavy (non-hydrogen) atoms. The zero-order chi connectivity index (χ0) is 20.4. The van der Waals surface area contributed by atoms with E-state index in [4.69, 9.17) is 14.5 Å². The number of rotatable bonds is 6. The van der Waals surface area contributed by atoms with Crippen molar-refractivity contribution < 1.29 is 14.3 Å². The molecule has 7 heteroatoms. The van der Waals surface area contributed by atoms with E-state index in [0.717, 1.165) is 44.7 Å². The molecule has 2 heterocycles. The highest BCUT2D eigenvalue weighted by Crippen LogP contribution is 2.34. The molecule has 1 amide bonds. The van der Waals surface area contributed by atoms with E-state index in [1.54, 1.807) is 14.2 Å². The molecule has 0 aliphatic carbocycles. The molecule has 4 aromatic rings. The molecule has 0 aliphatic heterocycles. The van der Waals surface area contributed by atoms with Gasteiger partial charge in [-0.3, -0.25) is 9.20 Å². The Morgan fingerprint density at radius 3 is 2.66 bits per heavy atom. The highest BCUT2D eigenvalue weighted by Gasteiger charge is 2.16. The summed E-state index contributed by atoms with van der Waals surface area (Å²) in [6.07, 6.45) is 2.19. The number of fused-ring (bicyclic) bond motifs is 1. The summed E-state index contributed by atoms with van der Waals surface area (Å²) in [6, 6.07) is 13.4. The van der Waals surface area contributed by atoms with Gasteiger partial charge in [0.2, 0.25) is 5.91 Å². The maximum absolute atomic E-state index is 12.5. The van der Waals surface area contributed by atoms with Crippen molar-refractivity contribution in [1.29, 1.82) is 0 Å². The average Bonchev–Trinajstić information content (AvgIpc) is 3.31. The lowest BCUT2D eigenvalue weighted by molar-refractivity contribution is -0.115. The van der Waals surface area contributed by atoms with Crippen molar-refractivity contribution in [2.45, 2.75) is 13.3 Å². The van der Waals surface area contributed by atoms with Gasteiger partial charge < -0.3 is 14.8 Å². The number of carbonyl (C=O) groups excluding carboxylic acids is 1. The molecule has 0 fully saturated rings. The van der Waals surface area contributed by atoms with Gasteiger partial charge in [0.05, 0.1) is 26.3 Å². The minimum absolute atomic E-state index is 0.0669. The van der Waals surface area contributed by atoms with Crippen LogP contribution in [0, 0.1) is 6.92 Å². The number of imidazole rings is 1. The molecule has 0 aliphatic rings. The molecule has 0 unspecified atom stereocenters. The minimum atomic E-state index is -0.0669. The largest absolute Gasteiger partial charge is 0.497 e. The van der Waals surface area contributed by atoms with Crippen LogP contribution in [0.15, 0.2) is 54.0 Å². The third-order valence-corrected chi connectivity index (χ3v) is 5.53. The van der Waals surface area contributed by atoms with E-state index >= 15 is 0 Å². The third kappa shape index (κ3) is 3.95. The number of nitrogens with one attached hydrogen (secondary N) is 1. The Bertz CT molecular complexity index is 1160. The first-order valence-electron chi connectivity index (χ1n) is 9.12. The van der Waals surface area contributed by atoms with Crippen LogP contribution < -0.4 is 14.8 Å². The van der Waals surface area contributed by atoms with Gasteiger partial charge >= 0.3 is 0 Å². The van der Waals surface area contributed by atoms with E-state index in [9.17, 15) is 4.79 Å². The van der Waals surface area contributed by atoms with Gasteiger partial charge in [-0.1, -0.05) is 17.7 Å². The van der Waals surface area contributed by atoms with Crippen LogP contribution in [0.4, 0.5) is 5.69 Å². The maximum Gasteiger partial charge on any atom is 0.230 e. The number of thiazole rings is 1. The SMILES string of the molecule is COc1ccc(OC)c(-c2cn3c(CC(=O)Nc4ccc(C)cc4)csc3n2)c1. The van der Waals surface area contributed by atoms with E-state index in [0.29, 0.717) is 0 Å². The summed E-state index contributed by atoms with van der Waals surface area (Å²) in [7, 11) is 3.26. The van der Waals surface area contributed by atoms with E-state index in [2.05, 4.69) is 5.32 Å². The summed E-state index contributed by atoms with van der Waals surface area (Å²) in [5.74, 6) is 1.38. The molecule has 0 saturated carbocycles. The number of anilines is 1. The van der Waals surface area contributed by atoms with Crippen molar-refractivity contribution >= 4 is 27.9 Å². The van der Waals surface area contributed by atoms with Gasteiger partial charge in [0, 0.05) is 28.5 Å². The quantitative estimate of drug-likeness (QED) is 0.509. The van der Waals surface area contributed by atoms with Crippen molar-refractivity contribution in [3.8, 4) is 22.8 Å². The van der Waals surface area contributed by atoms with Gasteiger partial charge in [0.25, 0.3) is 0 Å². The van der Waals surface area contributed by atoms with Crippen LogP contribution in [-0.2, 0) is 11.2 Å². The Kier molecular flexibility index (Phi) is 5.22. The first-order valence-corrected chi connectivity index (χ1v) is 9.99. The smallest absolute Gasteiger partial charge is 0.230 e. The van der Waals surface area contributed by atoms with Crippen molar-refractivity contribution in [2.24, 2.45) is 0 Å². The fourth-order valence-electron chi connectivity index (χ4n) is 3.11. The zero-order valence-electron chi connectivity index (χ0n) is 16.4. The lowest BCUT2D eigenvalue weighted by Gasteiger charge is -2.08. The summed E-state index contributed by atoms with van der Waals surface area (Å²) in [6.45, 7) is 2.02. The Morgan fingerprint density at radius 1 is 1.14 bits per heavy atom. The molecule has 6 nitrogen and oxygen atoms in total. The molecule has 1 N–H and O–H groups in total. The number of carbonyl (C=O) groups is 1. The number of ether oxygens (including phenoxy) is 2. The number of amides is 1. The maximum atomic E-state index is 12.5. The number of hydrogen-bond acceptors (Lipinski definition) is 5. The first kappa shape index (κ1) is 19.0. The summed E-state index contributed by atoms with van der Waals surface area (Å²) in [5, 5.41) is 4.90. The van der Waals surface area contributed by atoms with Gasteiger partial charge in [-0.2, -0.15) is 0 Å². The molecule has 0 radical (unpaired) electrons. The number of aryl methyl sites for hydroxylation is 1. The molecule has 0 bridgehead atoms. The lowest BCUT2D eigenvalue weighted by atomic mass is 10.1. The fourth-order valence-corrected chi connectivity index (χ4v) is 3.98. The van der Waals surface area contributed by atoms with Crippen LogP contribution in [0.1, 0.15) is 11.3 Å². The van der Waals surface area contributed by atoms with E-state index in [1.807, 2.05) is 65.4 Å². The van der Waals surface area contributed by atoms with Crippen molar-refractivity contribution in [3.05, 3.63) is 65.3 Å². The number of benzene rings is 2. The Morgan fingerprint density at radius 2 is 1.93 bits per heavy atom. The molecule has 0 saturated heterocycles. The molecule has 0 spiro atoms. The monoisotopic (exact) mass is 407 g/mol. The second-order valence-corrected chi connectivity index (χ2v) is 7.50. The average molecular weight is 407 g/mol. The summed E-state index contributed by atoms with van der Waals surface area (Å²) < 4.78 is 12.8. The zero-order valence-corrected chi connectivity index (χ0v) is 17.2. The summed E-state index contributed by atoms with van der Waals surface area (Å²) in [5.41, 5.74) is 4.45. The van der Waals surface area contributed by atoms with E-state index < -0.39 is 0 Å². The van der Waals surface area contributed by atoms with Crippen LogP contribution in [0.2, 0.25) is 0 Å². The predicted octanol–water partition coefficient (Wildman–Crippen LogP) is 4.57. The highest BCUT2D eigenvalue weighted by atomic mass is 32.1. The van der Waals surface area contributed by atoms with Crippen molar-refractivity contribution in [2.75, 3.05) is 19.5 Å². The second-order valence-electron chi connectivity index (χ2n) is 6.66. The summed E-state index contributed by atoms with van der Waals surface area (Å²) >= 11 is 1.50. The Labute approximate surface area is 172 Å². The molecular weight excluding hydrogens is 386 g/mol. The molecule has 148 valence electrons. The highest BCUT2D eigenvalue weighted by molar-refractivity contribution is 7.15. The van der Waals surface area contributed by atoms with E-state index in [1.165, 1.54) is 11.3 Å². The van der Waals surface area contributed by atoms with Crippen molar-refractivity contribution in [3.63, 3.8) is 0 Å². The van der Waals surface area contributed by atoms with Crippen molar-refractivity contribution in [1.82, 2.24) is 9.38 Å². The predicted molar refractivity (Wildman–Crippen MR) is 115 cm³/mol. The molecule has 2 aromatic heterocycles.